The molecule has 1 aliphatic rings. The number of hydrogen-bond donors (Lipinski definition) is 3. The predicted molar refractivity (Wildman–Crippen MR) is 78.1 cm³/mol. The standard InChI is InChI=1S/C15H22N4O2/c1-15(2,3)5-4-13(21)16-8-11-6-10(7-12(11)20)14-17-9-18-19-14/h9-12,20H,6-8H2,1-3H3,(H,16,21)(H,17,18,19)/t10-,11+,12+/m1/s1. The van der Waals surface area contributed by atoms with Crippen LogP contribution in [0, 0.1) is 23.2 Å². The summed E-state index contributed by atoms with van der Waals surface area (Å²) in [7, 11) is 0. The number of rotatable bonds is 3. The molecular weight excluding hydrogens is 268 g/mol. The van der Waals surface area contributed by atoms with Gasteiger partial charge in [0.05, 0.1) is 6.10 Å². The fraction of sp³-hybridized carbons (Fsp3) is 0.667. The van der Waals surface area contributed by atoms with Gasteiger partial charge in [0.15, 0.2) is 0 Å². The van der Waals surface area contributed by atoms with Crippen molar-refractivity contribution in [3.63, 3.8) is 0 Å². The highest BCUT2D eigenvalue weighted by Gasteiger charge is 2.35. The van der Waals surface area contributed by atoms with E-state index in [-0.39, 0.29) is 23.2 Å². The summed E-state index contributed by atoms with van der Waals surface area (Å²) < 4.78 is 0. The van der Waals surface area contributed by atoms with Crippen molar-refractivity contribution >= 4 is 5.91 Å². The topological polar surface area (TPSA) is 90.9 Å². The van der Waals surface area contributed by atoms with Crippen LogP contribution in [0.25, 0.3) is 0 Å². The van der Waals surface area contributed by atoms with Crippen molar-refractivity contribution in [3.05, 3.63) is 12.2 Å². The van der Waals surface area contributed by atoms with E-state index in [9.17, 15) is 9.90 Å². The quantitative estimate of drug-likeness (QED) is 0.719. The van der Waals surface area contributed by atoms with Crippen LogP contribution < -0.4 is 5.32 Å². The largest absolute Gasteiger partial charge is 0.393 e. The summed E-state index contributed by atoms with van der Waals surface area (Å²) in [6.45, 7) is 6.30. The lowest BCUT2D eigenvalue weighted by molar-refractivity contribution is -0.116. The van der Waals surface area contributed by atoms with Crippen LogP contribution >= 0.6 is 0 Å². The van der Waals surface area contributed by atoms with E-state index < -0.39 is 6.10 Å². The number of aliphatic hydroxyl groups is 1. The first-order valence-electron chi connectivity index (χ1n) is 7.19. The molecule has 1 heterocycles. The van der Waals surface area contributed by atoms with Gasteiger partial charge in [0.25, 0.3) is 5.91 Å². The van der Waals surface area contributed by atoms with Crippen LogP contribution in [0.2, 0.25) is 0 Å². The predicted octanol–water partition coefficient (Wildman–Crippen LogP) is 0.825. The second-order valence-corrected chi connectivity index (χ2v) is 6.58. The van der Waals surface area contributed by atoms with Crippen molar-refractivity contribution in [2.75, 3.05) is 6.54 Å². The van der Waals surface area contributed by atoms with E-state index in [0.29, 0.717) is 13.0 Å². The van der Waals surface area contributed by atoms with Crippen LogP contribution in [-0.2, 0) is 4.79 Å². The van der Waals surface area contributed by atoms with E-state index in [4.69, 9.17) is 0 Å². The Labute approximate surface area is 124 Å². The lowest BCUT2D eigenvalue weighted by Gasteiger charge is -2.13. The number of H-pyrrole nitrogens is 1. The maximum Gasteiger partial charge on any atom is 0.295 e. The SMILES string of the molecule is CC(C)(C)C#CC(=O)NC[C@@H]1C[C@@H](c2ncn[nH]2)C[C@@H]1O. The van der Waals surface area contributed by atoms with E-state index in [1.807, 2.05) is 20.8 Å². The molecule has 1 amide bonds. The fourth-order valence-electron chi connectivity index (χ4n) is 2.47. The summed E-state index contributed by atoms with van der Waals surface area (Å²) in [5.74, 6) is 6.19. The molecule has 6 heteroatoms. The zero-order valence-electron chi connectivity index (χ0n) is 12.7. The van der Waals surface area contributed by atoms with Gasteiger partial charge in [-0.3, -0.25) is 9.89 Å². The molecule has 6 nitrogen and oxygen atoms in total. The number of aliphatic hydroxyl groups excluding tert-OH is 1. The minimum absolute atomic E-state index is 0.0282. The Kier molecular flexibility index (Phi) is 4.63. The Balaban J connectivity index is 1.83. The van der Waals surface area contributed by atoms with Crippen LogP contribution in [0.3, 0.4) is 0 Å². The summed E-state index contributed by atoms with van der Waals surface area (Å²) in [5, 5.41) is 19.5. The van der Waals surface area contributed by atoms with Gasteiger partial charge in [-0.25, -0.2) is 4.98 Å². The Morgan fingerprint density at radius 1 is 1.52 bits per heavy atom. The molecule has 1 aromatic heterocycles. The Morgan fingerprint density at radius 3 is 2.90 bits per heavy atom. The van der Waals surface area contributed by atoms with Gasteiger partial charge in [-0.15, -0.1) is 0 Å². The summed E-state index contributed by atoms with van der Waals surface area (Å²) in [4.78, 5) is 15.8. The highest BCUT2D eigenvalue weighted by molar-refractivity contribution is 5.93. The molecule has 21 heavy (non-hydrogen) atoms. The average Bonchev–Trinajstić information content (AvgIpc) is 3.02. The van der Waals surface area contributed by atoms with Crippen LogP contribution in [-0.4, -0.2) is 38.8 Å². The van der Waals surface area contributed by atoms with Crippen molar-refractivity contribution in [3.8, 4) is 11.8 Å². The van der Waals surface area contributed by atoms with Crippen molar-refractivity contribution in [2.24, 2.45) is 11.3 Å². The van der Waals surface area contributed by atoms with Gasteiger partial charge >= 0.3 is 0 Å². The minimum atomic E-state index is -0.434. The number of nitrogens with one attached hydrogen (secondary N) is 2. The molecule has 1 aromatic rings. The first kappa shape index (κ1) is 15.5. The molecule has 0 saturated heterocycles. The second-order valence-electron chi connectivity index (χ2n) is 6.58. The van der Waals surface area contributed by atoms with E-state index in [0.717, 1.165) is 12.2 Å². The van der Waals surface area contributed by atoms with Gasteiger partial charge in [0.1, 0.15) is 12.2 Å². The first-order valence-corrected chi connectivity index (χ1v) is 7.19. The van der Waals surface area contributed by atoms with Crippen LogP contribution in [0.15, 0.2) is 6.33 Å². The molecule has 114 valence electrons. The van der Waals surface area contributed by atoms with Gasteiger partial charge in [0, 0.05) is 23.8 Å². The molecule has 0 unspecified atom stereocenters. The van der Waals surface area contributed by atoms with Crippen molar-refractivity contribution < 1.29 is 9.90 Å². The highest BCUT2D eigenvalue weighted by Crippen LogP contribution is 2.36. The maximum atomic E-state index is 11.7. The van der Waals surface area contributed by atoms with E-state index in [1.54, 1.807) is 0 Å². The molecule has 1 aliphatic carbocycles. The third-order valence-corrected chi connectivity index (χ3v) is 3.55. The Morgan fingerprint density at radius 2 is 2.29 bits per heavy atom. The second kappa shape index (κ2) is 6.27. The number of carbonyl (C=O) groups excluding carboxylic acids is 1. The number of amides is 1. The smallest absolute Gasteiger partial charge is 0.295 e. The van der Waals surface area contributed by atoms with Crippen LogP contribution in [0.5, 0.6) is 0 Å². The molecular formula is C15H22N4O2. The van der Waals surface area contributed by atoms with Gasteiger partial charge in [-0.05, 0) is 39.5 Å². The average molecular weight is 290 g/mol. The van der Waals surface area contributed by atoms with Crippen LogP contribution in [0.4, 0.5) is 0 Å². The molecule has 1 fully saturated rings. The summed E-state index contributed by atoms with van der Waals surface area (Å²) in [5.41, 5.74) is -0.193. The third kappa shape index (κ3) is 4.57. The summed E-state index contributed by atoms with van der Waals surface area (Å²) in [6.07, 6.45) is 2.46. The number of carbonyl (C=O) groups is 1. The number of aromatic amines is 1. The zero-order chi connectivity index (χ0) is 15.5. The van der Waals surface area contributed by atoms with E-state index >= 15 is 0 Å². The minimum Gasteiger partial charge on any atom is -0.393 e. The fourth-order valence-corrected chi connectivity index (χ4v) is 2.47. The lowest BCUT2D eigenvalue weighted by atomic mass is 9.98. The number of aromatic nitrogens is 3. The Bertz CT molecular complexity index is 536. The van der Waals surface area contributed by atoms with E-state index in [1.165, 1.54) is 6.33 Å². The molecule has 2 rings (SSSR count). The van der Waals surface area contributed by atoms with Gasteiger partial charge in [0.2, 0.25) is 0 Å². The normalized spacial score (nSPS) is 25.2. The van der Waals surface area contributed by atoms with E-state index in [2.05, 4.69) is 32.3 Å². The molecule has 0 aromatic carbocycles. The maximum absolute atomic E-state index is 11.7. The Hall–Kier alpha value is -1.87. The van der Waals surface area contributed by atoms with Crippen molar-refractivity contribution in [2.45, 2.75) is 45.6 Å². The lowest BCUT2D eigenvalue weighted by Crippen LogP contribution is -2.31. The number of nitrogens with zero attached hydrogens (tertiary/aromatic N) is 2. The molecule has 0 radical (unpaired) electrons. The molecule has 1 saturated carbocycles. The molecule has 3 atom stereocenters. The summed E-state index contributed by atoms with van der Waals surface area (Å²) >= 11 is 0. The van der Waals surface area contributed by atoms with Gasteiger partial charge < -0.3 is 10.4 Å². The molecule has 3 N–H and O–H groups in total. The zero-order valence-corrected chi connectivity index (χ0v) is 12.7. The van der Waals surface area contributed by atoms with Crippen molar-refractivity contribution in [1.82, 2.24) is 20.5 Å². The van der Waals surface area contributed by atoms with Crippen LogP contribution in [0.1, 0.15) is 45.4 Å². The van der Waals surface area contributed by atoms with Crippen molar-refractivity contribution in [1.29, 1.82) is 0 Å². The molecule has 0 spiro atoms. The third-order valence-electron chi connectivity index (χ3n) is 3.55. The van der Waals surface area contributed by atoms with Gasteiger partial charge in [-0.2, -0.15) is 5.10 Å². The first-order chi connectivity index (χ1) is 9.85. The molecule has 0 bridgehead atoms. The highest BCUT2D eigenvalue weighted by atomic mass is 16.3. The summed E-state index contributed by atoms with van der Waals surface area (Å²) in [6, 6.07) is 0. The monoisotopic (exact) mass is 290 g/mol. The van der Waals surface area contributed by atoms with Gasteiger partial charge in [-0.1, -0.05) is 5.92 Å². The number of hydrogen-bond acceptors (Lipinski definition) is 4. The molecule has 0 aliphatic heterocycles.